The van der Waals surface area contributed by atoms with Gasteiger partial charge in [0.15, 0.2) is 0 Å². The van der Waals surface area contributed by atoms with Crippen LogP contribution < -0.4 is 20.5 Å². The molecule has 2 saturated heterocycles. The van der Waals surface area contributed by atoms with Crippen LogP contribution in [0.4, 0.5) is 24.7 Å². The molecule has 336 valence electrons. The zero-order valence-corrected chi connectivity index (χ0v) is 35.7. The molecule has 2 atom stereocenters. The quantitative estimate of drug-likeness (QED) is 0.137. The van der Waals surface area contributed by atoms with Crippen LogP contribution in [0.2, 0.25) is 0 Å². The minimum atomic E-state index is -5.08. The highest BCUT2D eigenvalue weighted by Crippen LogP contribution is 2.41. The molecule has 0 spiro atoms. The fourth-order valence-corrected chi connectivity index (χ4v) is 9.25. The number of ether oxygens (including phenoxy) is 1. The van der Waals surface area contributed by atoms with Crippen molar-refractivity contribution in [3.8, 4) is 28.1 Å². The van der Waals surface area contributed by atoms with Gasteiger partial charge < -0.3 is 20.3 Å². The molecular formula is C44H41F3N10O7S. The first-order chi connectivity index (χ1) is 31.1. The Morgan fingerprint density at radius 1 is 0.969 bits per heavy atom. The number of sulfonamides is 1. The molecule has 4 N–H and O–H groups in total. The summed E-state index contributed by atoms with van der Waals surface area (Å²) in [6.45, 7) is 2.71. The van der Waals surface area contributed by atoms with Crippen LogP contribution in [-0.2, 0) is 33.2 Å². The second-order valence-corrected chi connectivity index (χ2v) is 17.8. The van der Waals surface area contributed by atoms with E-state index in [1.165, 1.54) is 47.4 Å². The summed E-state index contributed by atoms with van der Waals surface area (Å²) in [7, 11) is -3.36. The molecule has 3 aliphatic heterocycles. The van der Waals surface area contributed by atoms with Gasteiger partial charge in [-0.25, -0.2) is 17.8 Å². The van der Waals surface area contributed by atoms with E-state index in [0.717, 1.165) is 0 Å². The van der Waals surface area contributed by atoms with Crippen LogP contribution in [0.15, 0.2) is 79.3 Å². The summed E-state index contributed by atoms with van der Waals surface area (Å²) in [5, 5.41) is 12.2. The number of likely N-dealkylation sites (tertiary alicyclic amines) is 1. The zero-order valence-electron chi connectivity index (χ0n) is 34.9. The first-order valence-corrected chi connectivity index (χ1v) is 22.2. The topological polar surface area (TPSA) is 217 Å². The Balaban J connectivity index is 0.925. The fraction of sp³-hybridized carbons (Fsp3) is 0.295. The van der Waals surface area contributed by atoms with E-state index in [9.17, 15) is 40.8 Å². The Labute approximate surface area is 369 Å². The number of anilines is 2. The maximum atomic E-state index is 13.7. The van der Waals surface area contributed by atoms with Crippen LogP contribution in [0.25, 0.3) is 33.3 Å². The summed E-state index contributed by atoms with van der Waals surface area (Å²) in [5.74, 6) is -5.49. The number of halogens is 3. The molecule has 3 aromatic heterocycles. The van der Waals surface area contributed by atoms with Crippen LogP contribution in [0.3, 0.4) is 0 Å². The van der Waals surface area contributed by atoms with E-state index in [0.29, 0.717) is 81.5 Å². The number of nitrogens with two attached hydrogens (primary N) is 1. The number of hydrogen-bond donors (Lipinski definition) is 3. The molecule has 17 nitrogen and oxygen atoms in total. The van der Waals surface area contributed by atoms with Crippen molar-refractivity contribution in [2.45, 2.75) is 63.1 Å². The summed E-state index contributed by atoms with van der Waals surface area (Å²) in [5.41, 5.74) is 11.0. The molecular weight excluding hydrogens is 870 g/mol. The standard InChI is InChI=1S/C44H41F3N10O7S/c1-23(24-3-7-29(45)8-4-24)64-35-18-25(6-10-33(35)53-65(62,63)44(46)47)38-37-39(54(2)52-38)32(20-49-40(37)48)28-19-50-57(22-28)30-13-15-55(16-14-30)42(60)26-5-9-31-27(17-26)21-56(43(31)61)34-11-12-36(58)51-41(34)59/h3-10,17-20,22-23,30,34,44,53H,11-16,21H2,1-2H3,(H2,48,49)(H,51,58,59)/t23-,34?/m0/s1. The van der Waals surface area contributed by atoms with Crippen LogP contribution in [-0.4, -0.2) is 91.3 Å². The first kappa shape index (κ1) is 43.0. The molecule has 6 heterocycles. The third-order valence-electron chi connectivity index (χ3n) is 12.1. The molecule has 6 aromatic rings. The number of imide groups is 1. The highest BCUT2D eigenvalue weighted by Gasteiger charge is 2.39. The van der Waals surface area contributed by atoms with Crippen molar-refractivity contribution in [2.24, 2.45) is 7.05 Å². The number of aryl methyl sites for hydroxylation is 1. The van der Waals surface area contributed by atoms with E-state index >= 15 is 0 Å². The number of hydrogen-bond acceptors (Lipinski definition) is 11. The van der Waals surface area contributed by atoms with Gasteiger partial charge in [0.05, 0.1) is 28.8 Å². The van der Waals surface area contributed by atoms with E-state index in [1.54, 1.807) is 54.1 Å². The number of fused-ring (bicyclic) bond motifs is 2. The number of benzene rings is 3. The molecule has 65 heavy (non-hydrogen) atoms. The lowest BCUT2D eigenvalue weighted by Crippen LogP contribution is -2.52. The maximum absolute atomic E-state index is 13.7. The second kappa shape index (κ2) is 16.7. The smallest absolute Gasteiger partial charge is 0.355 e. The van der Waals surface area contributed by atoms with E-state index in [-0.39, 0.29) is 60.4 Å². The number of carbonyl (C=O) groups is 4. The lowest BCUT2D eigenvalue weighted by atomic mass is 10.0. The summed E-state index contributed by atoms with van der Waals surface area (Å²) >= 11 is 0. The summed E-state index contributed by atoms with van der Waals surface area (Å²) in [4.78, 5) is 58.7. The number of nitrogens with zero attached hydrogens (tertiary/aromatic N) is 7. The largest absolute Gasteiger partial charge is 0.484 e. The molecule has 0 saturated carbocycles. The van der Waals surface area contributed by atoms with Crippen molar-refractivity contribution >= 4 is 56.1 Å². The number of amides is 4. The Morgan fingerprint density at radius 3 is 2.45 bits per heavy atom. The maximum Gasteiger partial charge on any atom is 0.355 e. The van der Waals surface area contributed by atoms with E-state index in [2.05, 4.69) is 15.4 Å². The molecule has 0 aliphatic carbocycles. The predicted molar refractivity (Wildman–Crippen MR) is 230 cm³/mol. The van der Waals surface area contributed by atoms with E-state index in [1.807, 2.05) is 15.6 Å². The van der Waals surface area contributed by atoms with Crippen molar-refractivity contribution in [2.75, 3.05) is 23.5 Å². The van der Waals surface area contributed by atoms with Gasteiger partial charge in [-0.15, -0.1) is 0 Å². The third-order valence-corrected chi connectivity index (χ3v) is 13.1. The molecule has 3 aliphatic rings. The summed E-state index contributed by atoms with van der Waals surface area (Å²) in [6, 6.07) is 13.8. The second-order valence-electron chi connectivity index (χ2n) is 16.2. The van der Waals surface area contributed by atoms with Crippen LogP contribution in [0, 0.1) is 5.82 Å². The summed E-state index contributed by atoms with van der Waals surface area (Å²) in [6.07, 6.45) is 6.05. The van der Waals surface area contributed by atoms with Gasteiger partial charge in [-0.1, -0.05) is 18.2 Å². The van der Waals surface area contributed by atoms with Crippen molar-refractivity contribution in [3.05, 3.63) is 107 Å². The van der Waals surface area contributed by atoms with Gasteiger partial charge in [0.2, 0.25) is 11.8 Å². The van der Waals surface area contributed by atoms with Gasteiger partial charge in [0, 0.05) is 73.3 Å². The van der Waals surface area contributed by atoms with Gasteiger partial charge in [-0.2, -0.15) is 19.0 Å². The van der Waals surface area contributed by atoms with Crippen molar-refractivity contribution in [1.29, 1.82) is 0 Å². The Bertz CT molecular complexity index is 3020. The SMILES string of the molecule is C[C@H](Oc1cc(-c2nn(C)c3c(-c4cnn(C5CCN(C(=O)c6ccc7c(c6)CN(C6CCC(=O)NC6=O)C7=O)CC5)c4)cnc(N)c23)ccc1NS(=O)(=O)C(F)F)c1ccc(F)cc1. The Morgan fingerprint density at radius 2 is 1.72 bits per heavy atom. The normalized spacial score (nSPS) is 17.4. The third kappa shape index (κ3) is 8.11. The zero-order chi connectivity index (χ0) is 45.9. The lowest BCUT2D eigenvalue weighted by Gasteiger charge is -2.32. The fourth-order valence-electron chi connectivity index (χ4n) is 8.69. The van der Waals surface area contributed by atoms with E-state index < -0.39 is 39.7 Å². The molecule has 2 fully saturated rings. The van der Waals surface area contributed by atoms with E-state index in [4.69, 9.17) is 15.6 Å². The number of nitrogen functional groups attached to an aromatic ring is 1. The van der Waals surface area contributed by atoms with Gasteiger partial charge in [-0.05, 0) is 79.8 Å². The Hall–Kier alpha value is -7.29. The number of carbonyl (C=O) groups excluding carboxylic acids is 4. The molecule has 4 amide bonds. The monoisotopic (exact) mass is 910 g/mol. The molecule has 0 bridgehead atoms. The number of pyridine rings is 1. The molecule has 9 rings (SSSR count). The number of piperidine rings is 2. The van der Waals surface area contributed by atoms with Crippen LogP contribution in [0.1, 0.15) is 76.6 Å². The minimum absolute atomic E-state index is 0.0383. The van der Waals surface area contributed by atoms with Crippen molar-refractivity contribution < 1.29 is 45.5 Å². The molecule has 21 heteroatoms. The molecule has 0 radical (unpaired) electrons. The molecule has 3 aromatic carbocycles. The van der Waals surface area contributed by atoms with Crippen molar-refractivity contribution in [1.82, 2.24) is 39.7 Å². The van der Waals surface area contributed by atoms with Crippen molar-refractivity contribution in [3.63, 3.8) is 0 Å². The van der Waals surface area contributed by atoms with Gasteiger partial charge >= 0.3 is 5.76 Å². The van der Waals surface area contributed by atoms with Gasteiger partial charge in [-0.3, -0.25) is 38.6 Å². The highest BCUT2D eigenvalue weighted by molar-refractivity contribution is 7.93. The average Bonchev–Trinajstić information content (AvgIpc) is 4.00. The van der Waals surface area contributed by atoms with Gasteiger partial charge in [0.1, 0.15) is 35.2 Å². The number of rotatable bonds is 11. The first-order valence-electron chi connectivity index (χ1n) is 20.6. The predicted octanol–water partition coefficient (Wildman–Crippen LogP) is 5.56. The highest BCUT2D eigenvalue weighted by atomic mass is 32.2. The average molecular weight is 911 g/mol. The minimum Gasteiger partial charge on any atom is -0.484 e. The summed E-state index contributed by atoms with van der Waals surface area (Å²) < 4.78 is 76.5. The lowest BCUT2D eigenvalue weighted by molar-refractivity contribution is -0.136. The van der Waals surface area contributed by atoms with Gasteiger partial charge in [0.25, 0.3) is 21.8 Å². The Kier molecular flexibility index (Phi) is 11.0. The molecule has 1 unspecified atom stereocenters. The van der Waals surface area contributed by atoms with Crippen LogP contribution >= 0.6 is 0 Å². The van der Waals surface area contributed by atoms with Crippen LogP contribution in [0.5, 0.6) is 5.75 Å². The number of nitrogens with one attached hydrogen (secondary N) is 2. The number of aromatic nitrogens is 5. The number of alkyl halides is 2.